The van der Waals surface area contributed by atoms with Crippen LogP contribution in [0.5, 0.6) is 0 Å². The number of hydrogen-bond acceptors (Lipinski definition) is 5. The molecule has 0 bridgehead atoms. The minimum Gasteiger partial charge on any atom is -0.467 e. The van der Waals surface area contributed by atoms with E-state index < -0.39 is 0 Å². The molecule has 4 aromatic rings. The van der Waals surface area contributed by atoms with Crippen LogP contribution in [0.2, 0.25) is 5.02 Å². The Morgan fingerprint density at radius 1 is 0.840 bits per heavy atom. The first-order valence-corrected chi connectivity index (χ1v) is 8.21. The zero-order valence-corrected chi connectivity index (χ0v) is 14.0. The smallest absolute Gasteiger partial charge is 0.174 e. The molecule has 2 aromatic carbocycles. The Kier molecular flexibility index (Phi) is 4.23. The summed E-state index contributed by atoms with van der Waals surface area (Å²) in [7, 11) is 0. The molecule has 0 radical (unpaired) electrons. The van der Waals surface area contributed by atoms with Crippen LogP contribution in [0.4, 0.5) is 17.3 Å². The van der Waals surface area contributed by atoms with Gasteiger partial charge in [-0.1, -0.05) is 23.7 Å². The Labute approximate surface area is 149 Å². The molecule has 2 N–H and O–H groups in total. The summed E-state index contributed by atoms with van der Waals surface area (Å²) < 4.78 is 5.37. The molecule has 0 aliphatic rings. The number of para-hydroxylation sites is 2. The topological polar surface area (TPSA) is 63.0 Å². The summed E-state index contributed by atoms with van der Waals surface area (Å²) in [6, 6.07) is 19.0. The Hall–Kier alpha value is -3.05. The normalized spacial score (nSPS) is 10.8. The molecule has 0 fully saturated rings. The Bertz CT molecular complexity index is 984. The predicted molar refractivity (Wildman–Crippen MR) is 100 cm³/mol. The molecule has 0 aliphatic carbocycles. The zero-order chi connectivity index (χ0) is 17.1. The summed E-state index contributed by atoms with van der Waals surface area (Å²) in [5.41, 5.74) is 2.53. The molecule has 124 valence electrons. The van der Waals surface area contributed by atoms with Gasteiger partial charge in [0.05, 0.1) is 23.8 Å². The number of halogens is 1. The standard InChI is InChI=1S/C19H15ClN4O/c20-13-7-9-14(10-8-13)22-19-18(21-12-15-4-3-11-25-15)23-16-5-1-2-6-17(16)24-19/h1-11H,12H2,(H,21,23)(H,22,24). The number of furan rings is 1. The minimum atomic E-state index is 0.523. The van der Waals surface area contributed by atoms with Crippen LogP contribution in [0.15, 0.2) is 71.3 Å². The highest BCUT2D eigenvalue weighted by Crippen LogP contribution is 2.26. The van der Waals surface area contributed by atoms with Crippen molar-refractivity contribution >= 4 is 40.0 Å². The van der Waals surface area contributed by atoms with E-state index in [9.17, 15) is 0 Å². The third-order valence-corrected chi connectivity index (χ3v) is 3.94. The number of rotatable bonds is 5. The minimum absolute atomic E-state index is 0.523. The number of aromatic nitrogens is 2. The molecule has 0 aliphatic heterocycles. The fourth-order valence-electron chi connectivity index (χ4n) is 2.46. The van der Waals surface area contributed by atoms with Crippen molar-refractivity contribution in [2.45, 2.75) is 6.54 Å². The van der Waals surface area contributed by atoms with Gasteiger partial charge in [-0.3, -0.25) is 0 Å². The van der Waals surface area contributed by atoms with Crippen LogP contribution in [-0.4, -0.2) is 9.97 Å². The van der Waals surface area contributed by atoms with E-state index >= 15 is 0 Å². The quantitative estimate of drug-likeness (QED) is 0.516. The van der Waals surface area contributed by atoms with Gasteiger partial charge in [0.15, 0.2) is 11.6 Å². The fraction of sp³-hybridized carbons (Fsp3) is 0.0526. The summed E-state index contributed by atoms with van der Waals surface area (Å²) in [4.78, 5) is 9.38. The average molecular weight is 351 g/mol. The third-order valence-electron chi connectivity index (χ3n) is 3.69. The van der Waals surface area contributed by atoms with Crippen LogP contribution < -0.4 is 10.6 Å². The lowest BCUT2D eigenvalue weighted by Crippen LogP contribution is -2.06. The van der Waals surface area contributed by atoms with E-state index in [4.69, 9.17) is 21.0 Å². The number of anilines is 3. The van der Waals surface area contributed by atoms with E-state index in [0.29, 0.717) is 23.2 Å². The maximum absolute atomic E-state index is 5.95. The van der Waals surface area contributed by atoms with Crippen molar-refractivity contribution in [3.63, 3.8) is 0 Å². The largest absolute Gasteiger partial charge is 0.467 e. The highest BCUT2D eigenvalue weighted by Gasteiger charge is 2.10. The second-order valence-electron chi connectivity index (χ2n) is 5.47. The van der Waals surface area contributed by atoms with Gasteiger partial charge in [-0.05, 0) is 48.5 Å². The summed E-state index contributed by atoms with van der Waals surface area (Å²) >= 11 is 5.95. The molecular formula is C19H15ClN4O. The molecule has 0 saturated carbocycles. The number of benzene rings is 2. The molecule has 0 saturated heterocycles. The van der Waals surface area contributed by atoms with Gasteiger partial charge < -0.3 is 15.1 Å². The van der Waals surface area contributed by atoms with Gasteiger partial charge in [0, 0.05) is 10.7 Å². The number of nitrogens with one attached hydrogen (secondary N) is 2. The molecule has 0 unspecified atom stereocenters. The van der Waals surface area contributed by atoms with Gasteiger partial charge in [-0.2, -0.15) is 0 Å². The number of hydrogen-bond donors (Lipinski definition) is 2. The molecule has 2 aromatic heterocycles. The average Bonchev–Trinajstić information content (AvgIpc) is 3.15. The van der Waals surface area contributed by atoms with Crippen LogP contribution in [0.25, 0.3) is 11.0 Å². The molecule has 0 spiro atoms. The lowest BCUT2D eigenvalue weighted by atomic mass is 10.3. The second-order valence-corrected chi connectivity index (χ2v) is 5.91. The van der Waals surface area contributed by atoms with Crippen LogP contribution in [0.3, 0.4) is 0 Å². The Morgan fingerprint density at radius 2 is 1.56 bits per heavy atom. The van der Waals surface area contributed by atoms with Gasteiger partial charge >= 0.3 is 0 Å². The van der Waals surface area contributed by atoms with E-state index in [1.54, 1.807) is 6.26 Å². The monoisotopic (exact) mass is 350 g/mol. The molecule has 25 heavy (non-hydrogen) atoms. The maximum Gasteiger partial charge on any atom is 0.174 e. The highest BCUT2D eigenvalue weighted by molar-refractivity contribution is 6.30. The van der Waals surface area contributed by atoms with Gasteiger partial charge in [0.2, 0.25) is 0 Å². The fourth-order valence-corrected chi connectivity index (χ4v) is 2.59. The Morgan fingerprint density at radius 3 is 2.24 bits per heavy atom. The third kappa shape index (κ3) is 3.56. The van der Waals surface area contributed by atoms with Crippen LogP contribution >= 0.6 is 11.6 Å². The molecule has 0 amide bonds. The molecule has 4 rings (SSSR count). The van der Waals surface area contributed by atoms with Crippen LogP contribution in [0, 0.1) is 0 Å². The zero-order valence-electron chi connectivity index (χ0n) is 13.2. The van der Waals surface area contributed by atoms with Crippen molar-refractivity contribution < 1.29 is 4.42 Å². The van der Waals surface area contributed by atoms with Gasteiger partial charge in [0.1, 0.15) is 5.76 Å². The number of fused-ring (bicyclic) bond motifs is 1. The van der Waals surface area contributed by atoms with Crippen molar-refractivity contribution in [1.29, 1.82) is 0 Å². The van der Waals surface area contributed by atoms with Crippen molar-refractivity contribution in [2.24, 2.45) is 0 Å². The summed E-state index contributed by atoms with van der Waals surface area (Å²) in [6.07, 6.45) is 1.65. The lowest BCUT2D eigenvalue weighted by molar-refractivity contribution is 0.518. The molecular weight excluding hydrogens is 336 g/mol. The van der Waals surface area contributed by atoms with E-state index in [1.165, 1.54) is 0 Å². The second kappa shape index (κ2) is 6.83. The first kappa shape index (κ1) is 15.5. The Balaban J connectivity index is 1.68. The SMILES string of the molecule is Clc1ccc(Nc2nc3ccccc3nc2NCc2ccco2)cc1. The highest BCUT2D eigenvalue weighted by atomic mass is 35.5. The van der Waals surface area contributed by atoms with Crippen LogP contribution in [-0.2, 0) is 6.54 Å². The number of nitrogens with zero attached hydrogens (tertiary/aromatic N) is 2. The van der Waals surface area contributed by atoms with Crippen molar-refractivity contribution in [2.75, 3.05) is 10.6 Å². The van der Waals surface area contributed by atoms with E-state index in [2.05, 4.69) is 15.6 Å². The van der Waals surface area contributed by atoms with Gasteiger partial charge in [-0.15, -0.1) is 0 Å². The van der Waals surface area contributed by atoms with Gasteiger partial charge in [-0.25, -0.2) is 9.97 Å². The summed E-state index contributed by atoms with van der Waals surface area (Å²) in [6.45, 7) is 0.523. The van der Waals surface area contributed by atoms with Crippen molar-refractivity contribution in [1.82, 2.24) is 9.97 Å². The van der Waals surface area contributed by atoms with E-state index in [-0.39, 0.29) is 0 Å². The molecule has 2 heterocycles. The summed E-state index contributed by atoms with van der Waals surface area (Å²) in [5, 5.41) is 7.27. The van der Waals surface area contributed by atoms with E-state index in [1.807, 2.05) is 60.7 Å². The van der Waals surface area contributed by atoms with Crippen LogP contribution in [0.1, 0.15) is 5.76 Å². The predicted octanol–water partition coefficient (Wildman–Crippen LogP) is 5.23. The lowest BCUT2D eigenvalue weighted by Gasteiger charge is -2.13. The maximum atomic E-state index is 5.95. The molecule has 6 heteroatoms. The van der Waals surface area contributed by atoms with Crippen molar-refractivity contribution in [3.05, 3.63) is 77.7 Å². The first-order valence-electron chi connectivity index (χ1n) is 7.83. The van der Waals surface area contributed by atoms with E-state index in [0.717, 1.165) is 22.5 Å². The molecule has 0 atom stereocenters. The van der Waals surface area contributed by atoms with Crippen molar-refractivity contribution in [3.8, 4) is 0 Å². The van der Waals surface area contributed by atoms with Gasteiger partial charge in [0.25, 0.3) is 0 Å². The first-order chi connectivity index (χ1) is 12.3. The summed E-state index contributed by atoms with van der Waals surface area (Å²) in [5.74, 6) is 2.13. The molecule has 5 nitrogen and oxygen atoms in total.